The summed E-state index contributed by atoms with van der Waals surface area (Å²) in [6.07, 6.45) is 4.69. The molecule has 4 nitrogen and oxygen atoms in total. The number of nitrogens with one attached hydrogen (secondary N) is 1. The molecule has 1 aromatic rings. The first kappa shape index (κ1) is 13.3. The van der Waals surface area contributed by atoms with Crippen molar-refractivity contribution in [2.75, 3.05) is 13.7 Å². The van der Waals surface area contributed by atoms with Crippen LogP contribution >= 0.6 is 0 Å². The SMILES string of the molecule is COc1c2c(c(C3CCCN3)c3c1OC(C)C3)OC(C)C2. The number of methoxy groups -OCH3 is 1. The Labute approximate surface area is 125 Å². The lowest BCUT2D eigenvalue weighted by molar-refractivity contribution is 0.242. The molecule has 3 aliphatic heterocycles. The average molecular weight is 289 g/mol. The Morgan fingerprint density at radius 2 is 1.76 bits per heavy atom. The van der Waals surface area contributed by atoms with E-state index >= 15 is 0 Å². The molecule has 1 fully saturated rings. The fraction of sp³-hybridized carbons (Fsp3) is 0.647. The van der Waals surface area contributed by atoms with E-state index in [1.54, 1.807) is 7.11 Å². The van der Waals surface area contributed by atoms with Crippen molar-refractivity contribution in [2.24, 2.45) is 0 Å². The minimum absolute atomic E-state index is 0.217. The third kappa shape index (κ3) is 1.92. The Morgan fingerprint density at radius 1 is 1.05 bits per heavy atom. The topological polar surface area (TPSA) is 39.7 Å². The van der Waals surface area contributed by atoms with Crippen molar-refractivity contribution in [3.05, 3.63) is 16.7 Å². The van der Waals surface area contributed by atoms with Crippen LogP contribution in [0.1, 0.15) is 49.4 Å². The first-order valence-electron chi connectivity index (χ1n) is 8.01. The van der Waals surface area contributed by atoms with Crippen LogP contribution in [0.25, 0.3) is 0 Å². The number of hydrogen-bond donors (Lipinski definition) is 1. The minimum Gasteiger partial charge on any atom is -0.492 e. The highest BCUT2D eigenvalue weighted by atomic mass is 16.5. The fourth-order valence-electron chi connectivity index (χ4n) is 4.02. The van der Waals surface area contributed by atoms with E-state index in [1.165, 1.54) is 29.5 Å². The average Bonchev–Trinajstić information content (AvgIpc) is 3.14. The summed E-state index contributed by atoms with van der Waals surface area (Å²) < 4.78 is 17.9. The predicted molar refractivity (Wildman–Crippen MR) is 80.6 cm³/mol. The van der Waals surface area contributed by atoms with Crippen LogP contribution in [0.4, 0.5) is 0 Å². The van der Waals surface area contributed by atoms with Crippen LogP contribution in [-0.2, 0) is 12.8 Å². The van der Waals surface area contributed by atoms with Gasteiger partial charge in [-0.15, -0.1) is 0 Å². The summed E-state index contributed by atoms with van der Waals surface area (Å²) in [7, 11) is 1.73. The lowest BCUT2D eigenvalue weighted by Gasteiger charge is -2.21. The van der Waals surface area contributed by atoms with Crippen LogP contribution in [-0.4, -0.2) is 25.9 Å². The normalized spacial score (nSPS) is 29.8. The van der Waals surface area contributed by atoms with Gasteiger partial charge in [0.2, 0.25) is 0 Å². The van der Waals surface area contributed by atoms with Crippen molar-refractivity contribution < 1.29 is 14.2 Å². The minimum atomic E-state index is 0.217. The number of hydrogen-bond acceptors (Lipinski definition) is 4. The molecule has 3 heterocycles. The molecular formula is C17H23NO3. The summed E-state index contributed by atoms with van der Waals surface area (Å²) in [6, 6.07) is 0.401. The summed E-state index contributed by atoms with van der Waals surface area (Å²) in [5.74, 6) is 2.93. The zero-order chi connectivity index (χ0) is 14.6. The van der Waals surface area contributed by atoms with E-state index in [1.807, 2.05) is 0 Å². The van der Waals surface area contributed by atoms with Gasteiger partial charge in [0.15, 0.2) is 11.5 Å². The Kier molecular flexibility index (Phi) is 3.03. The highest BCUT2D eigenvalue weighted by Crippen LogP contribution is 2.53. The van der Waals surface area contributed by atoms with E-state index < -0.39 is 0 Å². The van der Waals surface area contributed by atoms with Gasteiger partial charge < -0.3 is 19.5 Å². The van der Waals surface area contributed by atoms with Gasteiger partial charge in [0.1, 0.15) is 18.0 Å². The quantitative estimate of drug-likeness (QED) is 0.909. The van der Waals surface area contributed by atoms with Crippen molar-refractivity contribution in [1.82, 2.24) is 5.32 Å². The molecule has 4 rings (SSSR count). The Hall–Kier alpha value is -1.42. The van der Waals surface area contributed by atoms with Crippen LogP contribution in [0.15, 0.2) is 0 Å². The van der Waals surface area contributed by atoms with Crippen LogP contribution in [0, 0.1) is 0 Å². The maximum Gasteiger partial charge on any atom is 0.168 e. The van der Waals surface area contributed by atoms with E-state index in [9.17, 15) is 0 Å². The standard InChI is InChI=1S/C17H23NO3/c1-9-7-11-14(13-5-4-6-18-13)15-12(8-10(2)20-15)16(19-3)17(11)21-9/h9-10,13,18H,4-8H2,1-3H3. The summed E-state index contributed by atoms with van der Waals surface area (Å²) in [5.41, 5.74) is 3.83. The fourth-order valence-corrected chi connectivity index (χ4v) is 4.02. The van der Waals surface area contributed by atoms with Crippen molar-refractivity contribution in [1.29, 1.82) is 0 Å². The Bertz CT molecular complexity index is 539. The van der Waals surface area contributed by atoms with Crippen LogP contribution in [0.2, 0.25) is 0 Å². The number of rotatable bonds is 2. The molecule has 0 aliphatic carbocycles. The molecule has 4 heteroatoms. The Morgan fingerprint density at radius 3 is 2.43 bits per heavy atom. The molecule has 0 amide bonds. The second kappa shape index (κ2) is 4.80. The molecular weight excluding hydrogens is 266 g/mol. The van der Waals surface area contributed by atoms with Crippen molar-refractivity contribution >= 4 is 0 Å². The molecule has 1 saturated heterocycles. The summed E-state index contributed by atoms with van der Waals surface area (Å²) in [6.45, 7) is 5.34. The van der Waals surface area contributed by atoms with Crippen molar-refractivity contribution in [3.63, 3.8) is 0 Å². The van der Waals surface area contributed by atoms with Gasteiger partial charge in [0.05, 0.1) is 7.11 Å². The van der Waals surface area contributed by atoms with Crippen molar-refractivity contribution in [3.8, 4) is 17.2 Å². The monoisotopic (exact) mass is 289 g/mol. The first-order chi connectivity index (χ1) is 10.2. The molecule has 0 radical (unpaired) electrons. The second-order valence-electron chi connectivity index (χ2n) is 6.48. The molecule has 0 saturated carbocycles. The molecule has 21 heavy (non-hydrogen) atoms. The molecule has 1 aromatic carbocycles. The molecule has 0 bridgehead atoms. The summed E-state index contributed by atoms with van der Waals surface area (Å²) >= 11 is 0. The molecule has 3 aliphatic rings. The van der Waals surface area contributed by atoms with E-state index in [0.717, 1.165) is 36.6 Å². The van der Waals surface area contributed by atoms with Gasteiger partial charge >= 0.3 is 0 Å². The van der Waals surface area contributed by atoms with Gasteiger partial charge in [-0.05, 0) is 33.2 Å². The molecule has 3 atom stereocenters. The van der Waals surface area contributed by atoms with E-state index in [2.05, 4.69) is 19.2 Å². The highest BCUT2D eigenvalue weighted by Gasteiger charge is 2.39. The smallest absolute Gasteiger partial charge is 0.168 e. The molecule has 0 spiro atoms. The van der Waals surface area contributed by atoms with Crippen LogP contribution in [0.3, 0.4) is 0 Å². The Balaban J connectivity index is 1.93. The lowest BCUT2D eigenvalue weighted by Crippen LogP contribution is -2.16. The van der Waals surface area contributed by atoms with Gasteiger partial charge in [-0.25, -0.2) is 0 Å². The van der Waals surface area contributed by atoms with E-state index in [4.69, 9.17) is 14.2 Å². The third-order valence-electron chi connectivity index (χ3n) is 4.83. The second-order valence-corrected chi connectivity index (χ2v) is 6.48. The van der Waals surface area contributed by atoms with Crippen molar-refractivity contribution in [2.45, 2.75) is 57.8 Å². The highest BCUT2D eigenvalue weighted by molar-refractivity contribution is 5.67. The molecule has 3 unspecified atom stereocenters. The largest absolute Gasteiger partial charge is 0.492 e. The van der Waals surface area contributed by atoms with E-state index in [-0.39, 0.29) is 12.2 Å². The number of ether oxygens (including phenoxy) is 3. The van der Waals surface area contributed by atoms with Gasteiger partial charge in [-0.3, -0.25) is 0 Å². The predicted octanol–water partition coefficient (Wildman–Crippen LogP) is 2.77. The maximum atomic E-state index is 6.18. The van der Waals surface area contributed by atoms with Crippen LogP contribution in [0.5, 0.6) is 17.2 Å². The zero-order valence-corrected chi connectivity index (χ0v) is 13.0. The van der Waals surface area contributed by atoms with Gasteiger partial charge in [-0.2, -0.15) is 0 Å². The van der Waals surface area contributed by atoms with Crippen LogP contribution < -0.4 is 19.5 Å². The van der Waals surface area contributed by atoms with E-state index in [0.29, 0.717) is 6.04 Å². The number of fused-ring (bicyclic) bond motifs is 2. The summed E-state index contributed by atoms with van der Waals surface area (Å²) in [5, 5.41) is 3.62. The van der Waals surface area contributed by atoms with Gasteiger partial charge in [-0.1, -0.05) is 0 Å². The zero-order valence-electron chi connectivity index (χ0n) is 13.0. The van der Waals surface area contributed by atoms with Gasteiger partial charge in [0, 0.05) is 35.6 Å². The summed E-state index contributed by atoms with van der Waals surface area (Å²) in [4.78, 5) is 0. The third-order valence-corrected chi connectivity index (χ3v) is 4.83. The molecule has 1 N–H and O–H groups in total. The molecule has 0 aromatic heterocycles. The van der Waals surface area contributed by atoms with Gasteiger partial charge in [0.25, 0.3) is 0 Å². The maximum absolute atomic E-state index is 6.18. The molecule has 114 valence electrons. The lowest BCUT2D eigenvalue weighted by atomic mass is 9.91. The first-order valence-corrected chi connectivity index (χ1v) is 8.01. The number of benzene rings is 1.